The molecule has 21 heavy (non-hydrogen) atoms. The van der Waals surface area contributed by atoms with Crippen molar-refractivity contribution in [3.05, 3.63) is 0 Å². The predicted octanol–water partition coefficient (Wildman–Crippen LogP) is 4.26. The van der Waals surface area contributed by atoms with Crippen LogP contribution >= 0.6 is 0 Å². The van der Waals surface area contributed by atoms with Gasteiger partial charge in [-0.3, -0.25) is 10.2 Å². The molecule has 3 rings (SSSR count). The minimum atomic E-state index is 0.406. The quantitative estimate of drug-likeness (QED) is 0.818. The number of piperidine rings is 1. The maximum Gasteiger partial charge on any atom is 0.0629 e. The fraction of sp³-hybridized carbons (Fsp3) is 1.00. The fourth-order valence-corrected chi connectivity index (χ4v) is 4.87. The van der Waals surface area contributed by atoms with Gasteiger partial charge >= 0.3 is 0 Å². The van der Waals surface area contributed by atoms with Gasteiger partial charge in [-0.25, -0.2) is 0 Å². The Labute approximate surface area is 132 Å². The molecule has 1 N–H and O–H groups in total. The molecule has 2 saturated heterocycles. The molecule has 0 aromatic carbocycles. The Balaban J connectivity index is 1.58. The summed E-state index contributed by atoms with van der Waals surface area (Å²) in [4.78, 5) is 2.82. The largest absolute Gasteiger partial charge is 0.298 e. The van der Waals surface area contributed by atoms with Crippen molar-refractivity contribution in [2.24, 2.45) is 23.2 Å². The summed E-state index contributed by atoms with van der Waals surface area (Å²) >= 11 is 0. The van der Waals surface area contributed by atoms with Gasteiger partial charge in [0.05, 0.1) is 6.17 Å². The van der Waals surface area contributed by atoms with E-state index in [1.165, 1.54) is 58.0 Å². The van der Waals surface area contributed by atoms with Crippen molar-refractivity contribution in [3.63, 3.8) is 0 Å². The minimum Gasteiger partial charge on any atom is -0.298 e. The molecular weight excluding hydrogens is 256 g/mol. The first kappa shape index (κ1) is 15.8. The van der Waals surface area contributed by atoms with Crippen LogP contribution in [-0.2, 0) is 0 Å². The zero-order valence-electron chi connectivity index (χ0n) is 14.7. The summed E-state index contributed by atoms with van der Waals surface area (Å²) in [6.45, 7) is 12.3. The Hall–Kier alpha value is -0.0800. The monoisotopic (exact) mass is 292 g/mol. The van der Waals surface area contributed by atoms with Crippen LogP contribution in [0.5, 0.6) is 0 Å². The van der Waals surface area contributed by atoms with Gasteiger partial charge in [0.15, 0.2) is 0 Å². The number of hydrogen-bond acceptors (Lipinski definition) is 2. The van der Waals surface area contributed by atoms with Crippen molar-refractivity contribution in [3.8, 4) is 0 Å². The van der Waals surface area contributed by atoms with Gasteiger partial charge in [-0.1, -0.05) is 40.5 Å². The Morgan fingerprint density at radius 2 is 1.76 bits per heavy atom. The maximum atomic E-state index is 4.01. The summed E-state index contributed by atoms with van der Waals surface area (Å²) in [7, 11) is 0. The van der Waals surface area contributed by atoms with E-state index in [0.717, 1.165) is 17.8 Å². The van der Waals surface area contributed by atoms with Crippen molar-refractivity contribution in [2.75, 3.05) is 13.1 Å². The topological polar surface area (TPSA) is 15.3 Å². The lowest BCUT2D eigenvalue weighted by molar-refractivity contribution is 0.0681. The molecule has 0 aromatic rings. The number of hydrogen-bond donors (Lipinski definition) is 1. The van der Waals surface area contributed by atoms with Gasteiger partial charge in [-0.2, -0.15) is 0 Å². The number of nitrogens with one attached hydrogen (secondary N) is 1. The van der Waals surface area contributed by atoms with Gasteiger partial charge in [0, 0.05) is 12.6 Å². The van der Waals surface area contributed by atoms with Crippen LogP contribution in [0.3, 0.4) is 0 Å². The van der Waals surface area contributed by atoms with E-state index in [9.17, 15) is 0 Å². The van der Waals surface area contributed by atoms with Crippen LogP contribution in [0.25, 0.3) is 0 Å². The van der Waals surface area contributed by atoms with E-state index >= 15 is 0 Å². The second-order valence-corrected chi connectivity index (χ2v) is 9.29. The molecule has 3 atom stereocenters. The van der Waals surface area contributed by atoms with Crippen LogP contribution in [0.2, 0.25) is 0 Å². The molecule has 0 aromatic heterocycles. The van der Waals surface area contributed by atoms with Crippen molar-refractivity contribution in [2.45, 2.75) is 84.8 Å². The van der Waals surface area contributed by atoms with E-state index in [1.54, 1.807) is 0 Å². The molecule has 2 aliphatic heterocycles. The van der Waals surface area contributed by atoms with Gasteiger partial charge in [-0.05, 0) is 61.8 Å². The first-order valence-corrected chi connectivity index (χ1v) is 9.43. The van der Waals surface area contributed by atoms with Crippen LogP contribution in [0, 0.1) is 23.2 Å². The highest BCUT2D eigenvalue weighted by Crippen LogP contribution is 2.39. The molecule has 3 fully saturated rings. The van der Waals surface area contributed by atoms with E-state index < -0.39 is 0 Å². The second-order valence-electron chi connectivity index (χ2n) is 9.29. The number of likely N-dealkylation sites (tertiary alicyclic amines) is 1. The Morgan fingerprint density at radius 3 is 2.43 bits per heavy atom. The lowest BCUT2D eigenvalue weighted by Crippen LogP contribution is -2.53. The highest BCUT2D eigenvalue weighted by Gasteiger charge is 2.43. The highest BCUT2D eigenvalue weighted by atomic mass is 15.3. The van der Waals surface area contributed by atoms with E-state index in [-0.39, 0.29) is 0 Å². The zero-order valence-corrected chi connectivity index (χ0v) is 14.7. The smallest absolute Gasteiger partial charge is 0.0629 e. The molecule has 3 aliphatic rings. The summed E-state index contributed by atoms with van der Waals surface area (Å²) in [6.07, 6.45) is 10.8. The molecule has 0 spiro atoms. The van der Waals surface area contributed by atoms with Gasteiger partial charge in [0.25, 0.3) is 0 Å². The summed E-state index contributed by atoms with van der Waals surface area (Å²) < 4.78 is 0. The van der Waals surface area contributed by atoms with Crippen molar-refractivity contribution in [1.82, 2.24) is 10.2 Å². The van der Waals surface area contributed by atoms with Crippen molar-refractivity contribution in [1.29, 1.82) is 0 Å². The van der Waals surface area contributed by atoms with Gasteiger partial charge in [0.2, 0.25) is 0 Å². The Morgan fingerprint density at radius 1 is 1.05 bits per heavy atom. The van der Waals surface area contributed by atoms with E-state index in [0.29, 0.717) is 17.6 Å². The summed E-state index contributed by atoms with van der Waals surface area (Å²) in [5, 5.41) is 4.01. The predicted molar refractivity (Wildman–Crippen MR) is 90.2 cm³/mol. The number of fused-ring (bicyclic) bond motifs is 1. The molecule has 122 valence electrons. The SMILES string of the molecule is CC1CCC(CN2CCCC3CC(C(C)(C)C)NC32)CC1. The third-order valence-corrected chi connectivity index (χ3v) is 6.44. The van der Waals surface area contributed by atoms with Gasteiger partial charge < -0.3 is 0 Å². The number of nitrogens with zero attached hydrogens (tertiary/aromatic N) is 1. The van der Waals surface area contributed by atoms with Crippen molar-refractivity contribution < 1.29 is 0 Å². The molecule has 2 heteroatoms. The minimum absolute atomic E-state index is 0.406. The first-order valence-electron chi connectivity index (χ1n) is 9.43. The van der Waals surface area contributed by atoms with E-state index in [1.807, 2.05) is 0 Å². The number of rotatable bonds is 2. The Kier molecular flexibility index (Phi) is 4.66. The van der Waals surface area contributed by atoms with Crippen LogP contribution in [0.1, 0.15) is 72.6 Å². The van der Waals surface area contributed by atoms with Crippen LogP contribution in [0.4, 0.5) is 0 Å². The van der Waals surface area contributed by atoms with Crippen molar-refractivity contribution >= 4 is 0 Å². The van der Waals surface area contributed by atoms with Crippen LogP contribution in [-0.4, -0.2) is 30.2 Å². The zero-order chi connectivity index (χ0) is 15.0. The summed E-state index contributed by atoms with van der Waals surface area (Å²) in [5.41, 5.74) is 0.406. The second kappa shape index (κ2) is 6.20. The molecule has 2 heterocycles. The molecule has 0 bridgehead atoms. The van der Waals surface area contributed by atoms with Gasteiger partial charge in [-0.15, -0.1) is 0 Å². The normalized spacial score (nSPS) is 42.0. The average Bonchev–Trinajstić information content (AvgIpc) is 2.86. The molecule has 1 saturated carbocycles. The Bertz CT molecular complexity index is 338. The highest BCUT2D eigenvalue weighted by molar-refractivity contribution is 4.98. The third-order valence-electron chi connectivity index (χ3n) is 6.44. The average molecular weight is 293 g/mol. The molecule has 0 amide bonds. The summed E-state index contributed by atoms with van der Waals surface area (Å²) in [5.74, 6) is 2.85. The molecule has 2 nitrogen and oxygen atoms in total. The molecule has 0 radical (unpaired) electrons. The van der Waals surface area contributed by atoms with E-state index in [4.69, 9.17) is 0 Å². The van der Waals surface area contributed by atoms with Gasteiger partial charge in [0.1, 0.15) is 0 Å². The lowest BCUT2D eigenvalue weighted by atomic mass is 9.81. The summed E-state index contributed by atoms with van der Waals surface area (Å²) in [6, 6.07) is 0.708. The van der Waals surface area contributed by atoms with Crippen LogP contribution in [0.15, 0.2) is 0 Å². The molecular formula is C19H36N2. The lowest BCUT2D eigenvalue weighted by Gasteiger charge is -2.41. The van der Waals surface area contributed by atoms with Crippen LogP contribution < -0.4 is 5.32 Å². The fourth-order valence-electron chi connectivity index (χ4n) is 4.87. The van der Waals surface area contributed by atoms with E-state index in [2.05, 4.69) is 37.9 Å². The standard InChI is InChI=1S/C19H36N2/c1-14-7-9-15(10-8-14)13-21-11-5-6-16-12-17(19(2,3)4)20-18(16)21/h14-18,20H,5-13H2,1-4H3. The maximum absolute atomic E-state index is 4.01. The molecule has 1 aliphatic carbocycles. The third kappa shape index (κ3) is 3.64. The first-order chi connectivity index (χ1) is 9.93. The molecule has 3 unspecified atom stereocenters.